The van der Waals surface area contributed by atoms with Crippen LogP contribution in [-0.4, -0.2) is 12.1 Å². The van der Waals surface area contributed by atoms with Gasteiger partial charge < -0.3 is 10.5 Å². The number of aromatic nitrogens is 1. The molecule has 0 aliphatic heterocycles. The molecule has 0 aliphatic rings. The Labute approximate surface area is 115 Å². The van der Waals surface area contributed by atoms with Crippen molar-refractivity contribution in [2.45, 2.75) is 0 Å². The molecule has 3 aromatic rings. The van der Waals surface area contributed by atoms with Gasteiger partial charge in [0.05, 0.1) is 18.2 Å². The predicted octanol–water partition coefficient (Wildman–Crippen LogP) is 3.63. The van der Waals surface area contributed by atoms with Crippen LogP contribution in [0.1, 0.15) is 0 Å². The molecule has 20 heavy (non-hydrogen) atoms. The average Bonchev–Trinajstić information content (AvgIpc) is 2.47. The first-order chi connectivity index (χ1) is 9.72. The molecule has 0 atom stereocenters. The van der Waals surface area contributed by atoms with Crippen molar-refractivity contribution < 1.29 is 9.13 Å². The number of methoxy groups -OCH3 is 1. The fraction of sp³-hybridized carbons (Fsp3) is 0.0625. The number of rotatable bonds is 2. The first-order valence-corrected chi connectivity index (χ1v) is 6.18. The molecule has 0 radical (unpaired) electrons. The number of ether oxygens (including phenoxy) is 1. The van der Waals surface area contributed by atoms with Gasteiger partial charge in [0.25, 0.3) is 0 Å². The Morgan fingerprint density at radius 2 is 1.90 bits per heavy atom. The molecule has 0 aliphatic carbocycles. The van der Waals surface area contributed by atoms with Crippen LogP contribution in [0.25, 0.3) is 22.0 Å². The fourth-order valence-electron chi connectivity index (χ4n) is 2.34. The zero-order chi connectivity index (χ0) is 14.1. The van der Waals surface area contributed by atoms with E-state index in [0.29, 0.717) is 28.1 Å². The molecule has 0 saturated carbocycles. The van der Waals surface area contributed by atoms with Crippen molar-refractivity contribution in [3.8, 4) is 16.9 Å². The Morgan fingerprint density at radius 1 is 1.10 bits per heavy atom. The summed E-state index contributed by atoms with van der Waals surface area (Å²) in [7, 11) is 1.52. The van der Waals surface area contributed by atoms with Gasteiger partial charge >= 0.3 is 0 Å². The average molecular weight is 268 g/mol. The maximum absolute atomic E-state index is 14.2. The summed E-state index contributed by atoms with van der Waals surface area (Å²) in [6.07, 6.45) is 1.62. The molecular weight excluding hydrogens is 255 g/mol. The first kappa shape index (κ1) is 12.4. The number of benzene rings is 2. The third-order valence-corrected chi connectivity index (χ3v) is 3.27. The number of nitrogens with zero attached hydrogens (tertiary/aromatic N) is 1. The molecule has 3 rings (SSSR count). The van der Waals surface area contributed by atoms with E-state index in [1.54, 1.807) is 24.4 Å². The minimum absolute atomic E-state index is 0.346. The van der Waals surface area contributed by atoms with Crippen molar-refractivity contribution in [3.63, 3.8) is 0 Å². The van der Waals surface area contributed by atoms with Gasteiger partial charge in [0.15, 0.2) is 0 Å². The van der Waals surface area contributed by atoms with Crippen LogP contribution in [-0.2, 0) is 0 Å². The second kappa shape index (κ2) is 4.81. The monoisotopic (exact) mass is 268 g/mol. The van der Waals surface area contributed by atoms with Gasteiger partial charge in [0.1, 0.15) is 11.6 Å². The van der Waals surface area contributed by atoms with Crippen LogP contribution in [0.4, 0.5) is 10.1 Å². The number of halogens is 1. The second-order valence-corrected chi connectivity index (χ2v) is 4.42. The van der Waals surface area contributed by atoms with Gasteiger partial charge in [-0.3, -0.25) is 4.98 Å². The topological polar surface area (TPSA) is 48.1 Å². The van der Waals surface area contributed by atoms with Crippen LogP contribution in [0.2, 0.25) is 0 Å². The number of anilines is 1. The normalized spacial score (nSPS) is 10.7. The van der Waals surface area contributed by atoms with Gasteiger partial charge in [0.2, 0.25) is 0 Å². The highest BCUT2D eigenvalue weighted by Crippen LogP contribution is 2.37. The molecule has 100 valence electrons. The van der Waals surface area contributed by atoms with Crippen LogP contribution < -0.4 is 10.5 Å². The van der Waals surface area contributed by atoms with Crippen LogP contribution in [0, 0.1) is 5.82 Å². The molecule has 0 spiro atoms. The van der Waals surface area contributed by atoms with Crippen LogP contribution in [0.3, 0.4) is 0 Å². The van der Waals surface area contributed by atoms with Crippen molar-refractivity contribution in [2.24, 2.45) is 0 Å². The molecule has 0 unspecified atom stereocenters. The Morgan fingerprint density at radius 3 is 2.70 bits per heavy atom. The van der Waals surface area contributed by atoms with E-state index in [0.717, 1.165) is 5.39 Å². The SMILES string of the molecule is COc1cccc(F)c1-c1cccc2c(N)ccnc12. The molecule has 0 saturated heterocycles. The first-order valence-electron chi connectivity index (χ1n) is 6.18. The third kappa shape index (κ3) is 1.86. The van der Waals surface area contributed by atoms with Crippen molar-refractivity contribution in [2.75, 3.05) is 12.8 Å². The Balaban J connectivity index is 2.39. The molecule has 0 amide bonds. The Hall–Kier alpha value is -2.62. The third-order valence-electron chi connectivity index (χ3n) is 3.27. The lowest BCUT2D eigenvalue weighted by atomic mass is 10.00. The van der Waals surface area contributed by atoms with Gasteiger partial charge in [0, 0.05) is 22.8 Å². The lowest BCUT2D eigenvalue weighted by Crippen LogP contribution is -1.95. The summed E-state index contributed by atoms with van der Waals surface area (Å²) < 4.78 is 19.5. The standard InChI is InChI=1S/C16H13FN2O/c1-20-14-7-3-6-12(17)15(14)11-5-2-4-10-13(18)8-9-19-16(10)11/h2-9H,1H3,(H2,18,19). The zero-order valence-electron chi connectivity index (χ0n) is 10.9. The molecule has 2 aromatic carbocycles. The molecular formula is C16H13FN2O. The number of fused-ring (bicyclic) bond motifs is 1. The second-order valence-electron chi connectivity index (χ2n) is 4.42. The Kier molecular flexibility index (Phi) is 2.99. The predicted molar refractivity (Wildman–Crippen MR) is 78.1 cm³/mol. The number of hydrogen-bond acceptors (Lipinski definition) is 3. The summed E-state index contributed by atoms with van der Waals surface area (Å²) in [5.74, 6) is 0.128. The van der Waals surface area contributed by atoms with E-state index >= 15 is 0 Å². The lowest BCUT2D eigenvalue weighted by Gasteiger charge is -2.12. The smallest absolute Gasteiger partial charge is 0.134 e. The summed E-state index contributed by atoms with van der Waals surface area (Å²) >= 11 is 0. The van der Waals surface area contributed by atoms with Gasteiger partial charge in [-0.25, -0.2) is 4.39 Å². The van der Waals surface area contributed by atoms with Gasteiger partial charge in [-0.2, -0.15) is 0 Å². The largest absolute Gasteiger partial charge is 0.496 e. The fourth-order valence-corrected chi connectivity index (χ4v) is 2.34. The van der Waals surface area contributed by atoms with Crippen LogP contribution in [0.5, 0.6) is 5.75 Å². The lowest BCUT2D eigenvalue weighted by molar-refractivity contribution is 0.413. The molecule has 1 aromatic heterocycles. The summed E-state index contributed by atoms with van der Waals surface area (Å²) in [5, 5.41) is 0.801. The van der Waals surface area contributed by atoms with Crippen LogP contribution in [0.15, 0.2) is 48.7 Å². The highest BCUT2D eigenvalue weighted by molar-refractivity contribution is 6.00. The van der Waals surface area contributed by atoms with E-state index < -0.39 is 0 Å². The maximum atomic E-state index is 14.2. The summed E-state index contributed by atoms with van der Waals surface area (Å²) in [5.41, 5.74) is 8.30. The molecule has 3 nitrogen and oxygen atoms in total. The number of para-hydroxylation sites is 1. The van der Waals surface area contributed by atoms with Crippen molar-refractivity contribution in [3.05, 3.63) is 54.5 Å². The summed E-state index contributed by atoms with van der Waals surface area (Å²) in [6, 6.07) is 12.0. The minimum atomic E-state index is -0.346. The van der Waals surface area contributed by atoms with Gasteiger partial charge in [-0.1, -0.05) is 24.3 Å². The summed E-state index contributed by atoms with van der Waals surface area (Å²) in [6.45, 7) is 0. The van der Waals surface area contributed by atoms with Crippen molar-refractivity contribution in [1.82, 2.24) is 4.98 Å². The molecule has 0 fully saturated rings. The van der Waals surface area contributed by atoms with Gasteiger partial charge in [-0.15, -0.1) is 0 Å². The number of nitrogens with two attached hydrogens (primary N) is 1. The molecule has 2 N–H and O–H groups in total. The quantitative estimate of drug-likeness (QED) is 0.772. The minimum Gasteiger partial charge on any atom is -0.496 e. The van der Waals surface area contributed by atoms with E-state index in [4.69, 9.17) is 10.5 Å². The van der Waals surface area contributed by atoms with Gasteiger partial charge in [-0.05, 0) is 18.2 Å². The molecule has 4 heteroatoms. The molecule has 1 heterocycles. The Bertz CT molecular complexity index is 787. The molecule has 0 bridgehead atoms. The van der Waals surface area contributed by atoms with E-state index in [2.05, 4.69) is 4.98 Å². The number of hydrogen-bond donors (Lipinski definition) is 1. The number of pyridine rings is 1. The highest BCUT2D eigenvalue weighted by Gasteiger charge is 2.15. The van der Waals surface area contributed by atoms with E-state index in [-0.39, 0.29) is 5.82 Å². The van der Waals surface area contributed by atoms with Crippen molar-refractivity contribution >= 4 is 16.6 Å². The van der Waals surface area contributed by atoms with E-state index in [1.807, 2.05) is 18.2 Å². The highest BCUT2D eigenvalue weighted by atomic mass is 19.1. The van der Waals surface area contributed by atoms with E-state index in [1.165, 1.54) is 13.2 Å². The number of nitrogen functional groups attached to an aromatic ring is 1. The summed E-state index contributed by atoms with van der Waals surface area (Å²) in [4.78, 5) is 4.33. The zero-order valence-corrected chi connectivity index (χ0v) is 10.9. The van der Waals surface area contributed by atoms with Crippen molar-refractivity contribution in [1.29, 1.82) is 0 Å². The van der Waals surface area contributed by atoms with E-state index in [9.17, 15) is 4.39 Å². The van der Waals surface area contributed by atoms with Crippen LogP contribution >= 0.6 is 0 Å². The maximum Gasteiger partial charge on any atom is 0.134 e.